The third-order valence-corrected chi connectivity index (χ3v) is 5.85. The highest BCUT2D eigenvalue weighted by Crippen LogP contribution is 2.37. The summed E-state index contributed by atoms with van der Waals surface area (Å²) < 4.78 is 7.06. The number of hydrogen-bond acceptors (Lipinski definition) is 4. The van der Waals surface area contributed by atoms with E-state index in [0.29, 0.717) is 5.56 Å². The van der Waals surface area contributed by atoms with Gasteiger partial charge in [-0.2, -0.15) is 0 Å². The lowest BCUT2D eigenvalue weighted by Gasteiger charge is -2.20. The number of ether oxygens (including phenoxy) is 1. The number of hydrogen-bond donors (Lipinski definition) is 0. The van der Waals surface area contributed by atoms with Crippen molar-refractivity contribution in [2.24, 2.45) is 0 Å². The van der Waals surface area contributed by atoms with E-state index in [1.165, 1.54) is 23.9 Å². The van der Waals surface area contributed by atoms with Crippen molar-refractivity contribution in [3.63, 3.8) is 0 Å². The van der Waals surface area contributed by atoms with Crippen LogP contribution in [0.4, 0.5) is 5.69 Å². The van der Waals surface area contributed by atoms with Crippen molar-refractivity contribution in [1.82, 2.24) is 0 Å². The molecule has 0 saturated carbocycles. The van der Waals surface area contributed by atoms with Gasteiger partial charge in [-0.05, 0) is 47.4 Å². The average molecular weight is 437 g/mol. The summed E-state index contributed by atoms with van der Waals surface area (Å²) in [5, 5.41) is 0. The van der Waals surface area contributed by atoms with Gasteiger partial charge in [-0.25, -0.2) is 4.79 Å². The molecule has 0 aliphatic carbocycles. The van der Waals surface area contributed by atoms with Gasteiger partial charge in [0.15, 0.2) is 0 Å². The minimum Gasteiger partial charge on any atom is -0.465 e. The lowest BCUT2D eigenvalue weighted by Crippen LogP contribution is -2.13. The maximum atomic E-state index is 11.6. The molecule has 3 rings (SSSR count). The zero-order valence-electron chi connectivity index (χ0n) is 12.7. The Labute approximate surface area is 152 Å². The van der Waals surface area contributed by atoms with Crippen LogP contribution in [0.25, 0.3) is 11.6 Å². The Hall–Kier alpha value is -1.47. The van der Waals surface area contributed by atoms with Crippen LogP contribution >= 0.6 is 30.3 Å². The number of anilines is 1. The maximum Gasteiger partial charge on any atom is 0.337 e. The van der Waals surface area contributed by atoms with Crippen LogP contribution in [0.5, 0.6) is 0 Å². The Morgan fingerprint density at radius 1 is 1.17 bits per heavy atom. The summed E-state index contributed by atoms with van der Waals surface area (Å²) in [5.41, 5.74) is 5.47. The molecule has 0 spiro atoms. The number of methoxy groups -OCH3 is 1. The molecule has 0 aromatic heterocycles. The van der Waals surface area contributed by atoms with E-state index in [0.717, 1.165) is 18.5 Å². The highest BCUT2D eigenvalue weighted by atomic mass is 127. The van der Waals surface area contributed by atoms with Crippen molar-refractivity contribution < 1.29 is 9.53 Å². The largest absolute Gasteiger partial charge is 0.465 e. The number of fused-ring (bicyclic) bond motifs is 1. The molecule has 23 heavy (non-hydrogen) atoms. The SMILES string of the molecule is COC(=O)c1ccc(C2=Cc3ccccc3N(SI)CC2)cc1. The molecular formula is C18H16INO2S. The lowest BCUT2D eigenvalue weighted by molar-refractivity contribution is 0.0600. The highest BCUT2D eigenvalue weighted by molar-refractivity contribution is 14.2. The predicted octanol–water partition coefficient (Wildman–Crippen LogP) is 5.22. The first-order valence-corrected chi connectivity index (χ1v) is 10.6. The van der Waals surface area contributed by atoms with Crippen molar-refractivity contribution in [2.45, 2.75) is 6.42 Å². The van der Waals surface area contributed by atoms with E-state index >= 15 is 0 Å². The lowest BCUT2D eigenvalue weighted by atomic mass is 9.99. The van der Waals surface area contributed by atoms with Gasteiger partial charge in [-0.1, -0.05) is 30.3 Å². The number of halogens is 1. The van der Waals surface area contributed by atoms with Gasteiger partial charge in [0.05, 0.1) is 18.4 Å². The van der Waals surface area contributed by atoms with Crippen LogP contribution in [-0.4, -0.2) is 19.6 Å². The van der Waals surface area contributed by atoms with Crippen LogP contribution < -0.4 is 4.31 Å². The Morgan fingerprint density at radius 3 is 2.61 bits per heavy atom. The number of esters is 1. The molecule has 2 aromatic carbocycles. The fraction of sp³-hybridized carbons (Fsp3) is 0.167. The first-order valence-electron chi connectivity index (χ1n) is 7.27. The molecular weight excluding hydrogens is 421 g/mol. The summed E-state index contributed by atoms with van der Waals surface area (Å²) in [6, 6.07) is 16.1. The van der Waals surface area contributed by atoms with Gasteiger partial charge in [-0.3, -0.25) is 0 Å². The van der Waals surface area contributed by atoms with E-state index in [2.05, 4.69) is 55.9 Å². The summed E-state index contributed by atoms with van der Waals surface area (Å²) in [6.07, 6.45) is 3.21. The first kappa shape index (κ1) is 16.4. The van der Waals surface area contributed by atoms with Crippen LogP contribution in [0.15, 0.2) is 48.5 Å². The second kappa shape index (κ2) is 7.40. The van der Waals surface area contributed by atoms with Gasteiger partial charge < -0.3 is 9.04 Å². The normalized spacial score (nSPS) is 13.8. The van der Waals surface area contributed by atoms with E-state index in [1.54, 1.807) is 9.12 Å². The van der Waals surface area contributed by atoms with E-state index < -0.39 is 0 Å². The number of rotatable bonds is 3. The quantitative estimate of drug-likeness (QED) is 0.374. The summed E-state index contributed by atoms with van der Waals surface area (Å²) in [6.45, 7) is 0.954. The topological polar surface area (TPSA) is 29.5 Å². The number of benzene rings is 2. The van der Waals surface area contributed by atoms with Gasteiger partial charge in [0, 0.05) is 36.9 Å². The predicted molar refractivity (Wildman–Crippen MR) is 106 cm³/mol. The molecule has 0 saturated heterocycles. The molecule has 0 amide bonds. The number of carbonyl (C=O) groups excluding carboxylic acids is 1. The second-order valence-electron chi connectivity index (χ2n) is 5.22. The van der Waals surface area contributed by atoms with E-state index in [9.17, 15) is 4.79 Å². The van der Waals surface area contributed by atoms with Crippen LogP contribution in [0.3, 0.4) is 0 Å². The van der Waals surface area contributed by atoms with Crippen molar-refractivity contribution >= 4 is 53.6 Å². The van der Waals surface area contributed by atoms with Gasteiger partial charge in [0.1, 0.15) is 0 Å². The zero-order valence-corrected chi connectivity index (χ0v) is 15.6. The molecule has 2 aromatic rings. The first-order chi connectivity index (χ1) is 11.2. The highest BCUT2D eigenvalue weighted by Gasteiger charge is 2.16. The Bertz CT molecular complexity index is 743. The molecule has 0 atom stereocenters. The summed E-state index contributed by atoms with van der Waals surface area (Å²) in [4.78, 5) is 11.6. The average Bonchev–Trinajstić information content (AvgIpc) is 2.80. The van der Waals surface area contributed by atoms with Crippen LogP contribution in [-0.2, 0) is 4.74 Å². The van der Waals surface area contributed by atoms with Crippen molar-refractivity contribution in [1.29, 1.82) is 0 Å². The fourth-order valence-electron chi connectivity index (χ4n) is 2.68. The smallest absolute Gasteiger partial charge is 0.337 e. The summed E-state index contributed by atoms with van der Waals surface area (Å²) in [7, 11) is 3.12. The fourth-order valence-corrected chi connectivity index (χ4v) is 4.30. The van der Waals surface area contributed by atoms with Crippen LogP contribution in [0.1, 0.15) is 27.9 Å². The number of para-hydroxylation sites is 1. The van der Waals surface area contributed by atoms with Gasteiger partial charge in [0.25, 0.3) is 0 Å². The maximum absolute atomic E-state index is 11.6. The molecule has 1 aliphatic heterocycles. The van der Waals surface area contributed by atoms with Gasteiger partial charge in [0.2, 0.25) is 0 Å². The molecule has 118 valence electrons. The van der Waals surface area contributed by atoms with Crippen LogP contribution in [0.2, 0.25) is 0 Å². The molecule has 0 N–H and O–H groups in total. The van der Waals surface area contributed by atoms with Gasteiger partial charge in [-0.15, -0.1) is 0 Å². The Balaban J connectivity index is 1.95. The molecule has 1 heterocycles. The summed E-state index contributed by atoms with van der Waals surface area (Å²) in [5.74, 6) is -0.302. The Morgan fingerprint density at radius 2 is 1.91 bits per heavy atom. The number of carbonyl (C=O) groups is 1. The van der Waals surface area contributed by atoms with Crippen molar-refractivity contribution in [3.8, 4) is 0 Å². The summed E-state index contributed by atoms with van der Waals surface area (Å²) >= 11 is 2.33. The third kappa shape index (κ3) is 3.55. The van der Waals surface area contributed by atoms with Gasteiger partial charge >= 0.3 is 5.97 Å². The molecule has 0 radical (unpaired) electrons. The monoisotopic (exact) mass is 437 g/mol. The zero-order chi connectivity index (χ0) is 16.2. The van der Waals surface area contributed by atoms with Crippen molar-refractivity contribution in [3.05, 3.63) is 65.2 Å². The van der Waals surface area contributed by atoms with E-state index in [1.807, 2.05) is 24.3 Å². The Kier molecular flexibility index (Phi) is 5.27. The van der Waals surface area contributed by atoms with Crippen LogP contribution in [0, 0.1) is 0 Å². The molecule has 1 aliphatic rings. The minimum absolute atomic E-state index is 0.302. The molecule has 0 bridgehead atoms. The standard InChI is InChI=1S/C18H16INO2S/c1-22-18(21)14-8-6-13(7-9-14)15-10-11-20(23-19)17-5-3-2-4-16(17)12-15/h2-9,12H,10-11H2,1H3. The molecule has 3 nitrogen and oxygen atoms in total. The molecule has 0 unspecified atom stereocenters. The molecule has 5 heteroatoms. The number of nitrogens with zero attached hydrogens (tertiary/aromatic N) is 1. The van der Waals surface area contributed by atoms with Crippen molar-refractivity contribution in [2.75, 3.05) is 18.0 Å². The van der Waals surface area contributed by atoms with E-state index in [4.69, 9.17) is 4.74 Å². The minimum atomic E-state index is -0.302. The molecule has 0 fully saturated rings. The van der Waals surface area contributed by atoms with E-state index in [-0.39, 0.29) is 5.97 Å². The third-order valence-electron chi connectivity index (χ3n) is 3.88. The second-order valence-corrected chi connectivity index (χ2v) is 6.98.